The van der Waals surface area contributed by atoms with E-state index in [2.05, 4.69) is 0 Å². The third-order valence-electron chi connectivity index (χ3n) is 4.04. The first-order chi connectivity index (χ1) is 11.5. The zero-order valence-electron chi connectivity index (χ0n) is 13.8. The number of carbonyl (C=O) groups is 1. The average molecular weight is 322 g/mol. The summed E-state index contributed by atoms with van der Waals surface area (Å²) in [5, 5.41) is 12.3. The Morgan fingerprint density at radius 1 is 1.00 bits per heavy atom. The van der Waals surface area contributed by atoms with Gasteiger partial charge in [0.1, 0.15) is 22.8 Å². The van der Waals surface area contributed by atoms with Crippen molar-refractivity contribution >= 4 is 16.7 Å². The van der Waals surface area contributed by atoms with E-state index >= 15 is 0 Å². The molecule has 0 amide bonds. The van der Waals surface area contributed by atoms with Crippen LogP contribution in [0.25, 0.3) is 10.8 Å². The van der Waals surface area contributed by atoms with Crippen LogP contribution in [-0.4, -0.2) is 18.2 Å². The molecule has 0 spiro atoms. The number of fused-ring (bicyclic) bond motifs is 1. The van der Waals surface area contributed by atoms with Gasteiger partial charge >= 0.3 is 5.97 Å². The van der Waals surface area contributed by atoms with Gasteiger partial charge in [-0.15, -0.1) is 0 Å². The molecular weight excluding hydrogens is 304 g/mol. The lowest BCUT2D eigenvalue weighted by Gasteiger charge is -2.15. The molecule has 0 heterocycles. The number of benzene rings is 3. The second-order valence-electron chi connectivity index (χ2n) is 5.64. The van der Waals surface area contributed by atoms with E-state index in [-0.39, 0.29) is 11.3 Å². The molecule has 0 aliphatic rings. The smallest absolute Gasteiger partial charge is 0.342 e. The Hall–Kier alpha value is -3.01. The Morgan fingerprint density at radius 2 is 1.71 bits per heavy atom. The van der Waals surface area contributed by atoms with Crippen LogP contribution in [0.3, 0.4) is 0 Å². The highest BCUT2D eigenvalue weighted by molar-refractivity contribution is 5.95. The minimum atomic E-state index is -0.543. The minimum absolute atomic E-state index is 0.0706. The van der Waals surface area contributed by atoms with Crippen LogP contribution in [0.2, 0.25) is 0 Å². The number of methoxy groups -OCH3 is 1. The monoisotopic (exact) mass is 322 g/mol. The summed E-state index contributed by atoms with van der Waals surface area (Å²) in [6.07, 6.45) is 0. The van der Waals surface area contributed by atoms with Gasteiger partial charge in [0.05, 0.1) is 7.11 Å². The van der Waals surface area contributed by atoms with Gasteiger partial charge in [0.2, 0.25) is 0 Å². The standard InChI is InChI=1S/C20H18O4/c1-12-10-17(18(20(22)23-3)13(2)19(12)21)24-16-9-8-14-6-4-5-7-15(14)11-16/h4-11,21H,1-3H3. The maximum Gasteiger partial charge on any atom is 0.342 e. The lowest BCUT2D eigenvalue weighted by Crippen LogP contribution is -2.07. The van der Waals surface area contributed by atoms with E-state index in [0.29, 0.717) is 22.6 Å². The number of aromatic hydroxyl groups is 1. The quantitative estimate of drug-likeness (QED) is 0.708. The molecule has 3 aromatic carbocycles. The lowest BCUT2D eigenvalue weighted by atomic mass is 10.0. The fourth-order valence-corrected chi connectivity index (χ4v) is 2.73. The fourth-order valence-electron chi connectivity index (χ4n) is 2.73. The number of aryl methyl sites for hydroxylation is 1. The molecule has 0 fully saturated rings. The van der Waals surface area contributed by atoms with Crippen LogP contribution >= 0.6 is 0 Å². The Labute approximate surface area is 140 Å². The van der Waals surface area contributed by atoms with Gasteiger partial charge in [0, 0.05) is 5.56 Å². The number of hydrogen-bond acceptors (Lipinski definition) is 4. The van der Waals surface area contributed by atoms with Gasteiger partial charge < -0.3 is 14.6 Å². The summed E-state index contributed by atoms with van der Waals surface area (Å²) < 4.78 is 10.8. The van der Waals surface area contributed by atoms with Crippen molar-refractivity contribution in [3.63, 3.8) is 0 Å². The summed E-state index contributed by atoms with van der Waals surface area (Å²) >= 11 is 0. The molecular formula is C20H18O4. The second-order valence-corrected chi connectivity index (χ2v) is 5.64. The molecule has 0 saturated heterocycles. The average Bonchev–Trinajstić information content (AvgIpc) is 2.59. The highest BCUT2D eigenvalue weighted by atomic mass is 16.5. The predicted octanol–water partition coefficient (Wildman–Crippen LogP) is 4.74. The van der Waals surface area contributed by atoms with E-state index in [1.807, 2.05) is 42.5 Å². The van der Waals surface area contributed by atoms with Crippen molar-refractivity contribution in [1.29, 1.82) is 0 Å². The number of rotatable bonds is 3. The van der Waals surface area contributed by atoms with E-state index in [0.717, 1.165) is 10.8 Å². The summed E-state index contributed by atoms with van der Waals surface area (Å²) in [6.45, 7) is 3.43. The van der Waals surface area contributed by atoms with Crippen molar-refractivity contribution in [2.45, 2.75) is 13.8 Å². The highest BCUT2D eigenvalue weighted by Gasteiger charge is 2.21. The molecule has 0 radical (unpaired) electrons. The summed E-state index contributed by atoms with van der Waals surface area (Å²) in [5.41, 5.74) is 1.31. The van der Waals surface area contributed by atoms with Gasteiger partial charge in [-0.1, -0.05) is 30.3 Å². The Kier molecular flexibility index (Phi) is 4.13. The molecule has 0 bridgehead atoms. The number of phenols is 1. The molecule has 0 saturated carbocycles. The van der Waals surface area contributed by atoms with Crippen molar-refractivity contribution in [2.75, 3.05) is 7.11 Å². The SMILES string of the molecule is COC(=O)c1c(Oc2ccc3ccccc3c2)cc(C)c(O)c1C. The largest absolute Gasteiger partial charge is 0.507 e. The lowest BCUT2D eigenvalue weighted by molar-refractivity contribution is 0.0596. The first-order valence-corrected chi connectivity index (χ1v) is 7.59. The van der Waals surface area contributed by atoms with E-state index in [9.17, 15) is 9.90 Å². The molecule has 3 aromatic rings. The molecule has 24 heavy (non-hydrogen) atoms. The number of hydrogen-bond donors (Lipinski definition) is 1. The second kappa shape index (κ2) is 6.24. The maximum atomic E-state index is 12.1. The number of carbonyl (C=O) groups excluding carboxylic acids is 1. The van der Waals surface area contributed by atoms with Gasteiger partial charge in [-0.2, -0.15) is 0 Å². The Balaban J connectivity index is 2.09. The van der Waals surface area contributed by atoms with Crippen molar-refractivity contribution in [3.8, 4) is 17.2 Å². The van der Waals surface area contributed by atoms with E-state index in [1.54, 1.807) is 19.9 Å². The van der Waals surface area contributed by atoms with Gasteiger partial charge in [0.15, 0.2) is 0 Å². The van der Waals surface area contributed by atoms with Crippen molar-refractivity contribution in [1.82, 2.24) is 0 Å². The number of ether oxygens (including phenoxy) is 2. The molecule has 0 aromatic heterocycles. The first-order valence-electron chi connectivity index (χ1n) is 7.59. The first kappa shape index (κ1) is 15.9. The van der Waals surface area contributed by atoms with Crippen LogP contribution in [0.5, 0.6) is 17.2 Å². The molecule has 4 nitrogen and oxygen atoms in total. The molecule has 4 heteroatoms. The number of phenolic OH excluding ortho intramolecular Hbond substituents is 1. The molecule has 3 rings (SSSR count). The number of esters is 1. The van der Waals surface area contributed by atoms with Gasteiger partial charge in [-0.3, -0.25) is 0 Å². The molecule has 1 N–H and O–H groups in total. The van der Waals surface area contributed by atoms with Crippen LogP contribution < -0.4 is 4.74 Å². The predicted molar refractivity (Wildman–Crippen MR) is 92.9 cm³/mol. The molecule has 0 aliphatic carbocycles. The topological polar surface area (TPSA) is 55.8 Å². The summed E-state index contributed by atoms with van der Waals surface area (Å²) in [5.74, 6) is 0.508. The highest BCUT2D eigenvalue weighted by Crippen LogP contribution is 2.36. The molecule has 122 valence electrons. The van der Waals surface area contributed by atoms with E-state index < -0.39 is 5.97 Å². The third-order valence-corrected chi connectivity index (χ3v) is 4.04. The third kappa shape index (κ3) is 2.78. The van der Waals surface area contributed by atoms with Crippen molar-refractivity contribution in [2.24, 2.45) is 0 Å². The van der Waals surface area contributed by atoms with Crippen LogP contribution in [0, 0.1) is 13.8 Å². The molecule has 0 unspecified atom stereocenters. The Morgan fingerprint density at radius 3 is 2.42 bits per heavy atom. The van der Waals surface area contributed by atoms with Crippen LogP contribution in [-0.2, 0) is 4.74 Å². The van der Waals surface area contributed by atoms with Gasteiger partial charge in [-0.05, 0) is 48.4 Å². The van der Waals surface area contributed by atoms with Crippen molar-refractivity contribution < 1.29 is 19.4 Å². The van der Waals surface area contributed by atoms with Crippen LogP contribution in [0.4, 0.5) is 0 Å². The van der Waals surface area contributed by atoms with Gasteiger partial charge in [-0.25, -0.2) is 4.79 Å². The van der Waals surface area contributed by atoms with E-state index in [4.69, 9.17) is 9.47 Å². The summed E-state index contributed by atoms with van der Waals surface area (Å²) in [6, 6.07) is 15.3. The molecule has 0 atom stereocenters. The van der Waals surface area contributed by atoms with Crippen LogP contribution in [0.15, 0.2) is 48.5 Å². The minimum Gasteiger partial charge on any atom is -0.507 e. The van der Waals surface area contributed by atoms with Crippen LogP contribution in [0.1, 0.15) is 21.5 Å². The van der Waals surface area contributed by atoms with Gasteiger partial charge in [0.25, 0.3) is 0 Å². The Bertz CT molecular complexity index is 928. The zero-order valence-corrected chi connectivity index (χ0v) is 13.8. The summed E-state index contributed by atoms with van der Waals surface area (Å²) in [4.78, 5) is 12.1. The summed E-state index contributed by atoms with van der Waals surface area (Å²) in [7, 11) is 1.30. The van der Waals surface area contributed by atoms with Crippen molar-refractivity contribution in [3.05, 3.63) is 65.2 Å². The molecule has 0 aliphatic heterocycles. The maximum absolute atomic E-state index is 12.1. The normalized spacial score (nSPS) is 10.6. The van der Waals surface area contributed by atoms with E-state index in [1.165, 1.54) is 7.11 Å². The zero-order chi connectivity index (χ0) is 17.3. The fraction of sp³-hybridized carbons (Fsp3) is 0.150.